The minimum atomic E-state index is -0.417. The van der Waals surface area contributed by atoms with Crippen molar-refractivity contribution in [3.63, 3.8) is 0 Å². The van der Waals surface area contributed by atoms with E-state index in [2.05, 4.69) is 5.32 Å². The molecular formula is C16H21ClN2O2. The van der Waals surface area contributed by atoms with Crippen LogP contribution in [-0.4, -0.2) is 35.2 Å². The van der Waals surface area contributed by atoms with Gasteiger partial charge < -0.3 is 15.3 Å². The first-order chi connectivity index (χ1) is 10.0. The number of nitrogens with zero attached hydrogens (tertiary/aromatic N) is 1. The summed E-state index contributed by atoms with van der Waals surface area (Å²) in [5.41, 5.74) is 2.39. The zero-order valence-electron chi connectivity index (χ0n) is 12.2. The van der Waals surface area contributed by atoms with Gasteiger partial charge in [-0.1, -0.05) is 24.6 Å². The summed E-state index contributed by atoms with van der Waals surface area (Å²) >= 11 is 6.00. The first-order valence-electron chi connectivity index (χ1n) is 7.56. The van der Waals surface area contributed by atoms with E-state index in [1.165, 1.54) is 11.1 Å². The molecule has 0 aromatic heterocycles. The number of likely N-dealkylation sites (tertiary alicyclic amines) is 1. The van der Waals surface area contributed by atoms with Gasteiger partial charge in [0.15, 0.2) is 0 Å². The lowest BCUT2D eigenvalue weighted by Crippen LogP contribution is -2.50. The molecule has 1 aliphatic heterocycles. The van der Waals surface area contributed by atoms with Gasteiger partial charge in [0.25, 0.3) is 0 Å². The van der Waals surface area contributed by atoms with Gasteiger partial charge in [-0.2, -0.15) is 0 Å². The van der Waals surface area contributed by atoms with Crippen LogP contribution in [-0.2, 0) is 6.42 Å². The Hall–Kier alpha value is -1.26. The van der Waals surface area contributed by atoms with Gasteiger partial charge in [-0.3, -0.25) is 0 Å². The summed E-state index contributed by atoms with van der Waals surface area (Å²) in [4.78, 5) is 14.1. The molecule has 1 aromatic carbocycles. The summed E-state index contributed by atoms with van der Waals surface area (Å²) in [6.45, 7) is 3.16. The number of aliphatic hydroxyl groups is 1. The monoisotopic (exact) mass is 308 g/mol. The number of urea groups is 1. The Kier molecular flexibility index (Phi) is 4.09. The topological polar surface area (TPSA) is 52.6 Å². The average molecular weight is 309 g/mol. The van der Waals surface area contributed by atoms with Gasteiger partial charge in [0.05, 0.1) is 12.1 Å². The summed E-state index contributed by atoms with van der Waals surface area (Å²) < 4.78 is 0. The second kappa shape index (κ2) is 5.85. The first kappa shape index (κ1) is 14.7. The predicted octanol–water partition coefficient (Wildman–Crippen LogP) is 2.74. The number of halogens is 1. The van der Waals surface area contributed by atoms with Crippen molar-refractivity contribution in [3.05, 3.63) is 34.3 Å². The molecule has 0 radical (unpaired) electrons. The van der Waals surface area contributed by atoms with Crippen molar-refractivity contribution in [2.24, 2.45) is 5.92 Å². The van der Waals surface area contributed by atoms with Crippen LogP contribution in [0.25, 0.3) is 0 Å². The highest BCUT2D eigenvalue weighted by Crippen LogP contribution is 2.33. The maximum Gasteiger partial charge on any atom is 0.317 e. The quantitative estimate of drug-likeness (QED) is 0.838. The predicted molar refractivity (Wildman–Crippen MR) is 82.4 cm³/mol. The molecule has 1 aromatic rings. The van der Waals surface area contributed by atoms with Gasteiger partial charge in [-0.15, -0.1) is 0 Å². The fraction of sp³-hybridized carbons (Fsp3) is 0.562. The van der Waals surface area contributed by atoms with E-state index in [-0.39, 0.29) is 18.0 Å². The number of β-amino-alcohol motifs (C(OH)–C–C–N with tert-alkyl or cyclic N) is 1. The van der Waals surface area contributed by atoms with Gasteiger partial charge >= 0.3 is 6.03 Å². The fourth-order valence-electron chi connectivity index (χ4n) is 3.21. The number of fused-ring (bicyclic) bond motifs is 1. The zero-order valence-corrected chi connectivity index (χ0v) is 12.9. The molecule has 2 aliphatic rings. The van der Waals surface area contributed by atoms with Crippen LogP contribution in [0, 0.1) is 5.92 Å². The van der Waals surface area contributed by atoms with Crippen LogP contribution < -0.4 is 5.32 Å². The largest absolute Gasteiger partial charge is 0.391 e. The third kappa shape index (κ3) is 3.01. The molecule has 1 heterocycles. The molecule has 0 saturated carbocycles. The minimum Gasteiger partial charge on any atom is -0.391 e. The summed E-state index contributed by atoms with van der Waals surface area (Å²) in [6, 6.07) is 5.84. The number of aryl methyl sites for hydroxylation is 1. The fourth-order valence-corrected chi connectivity index (χ4v) is 3.40. The Balaban J connectivity index is 1.64. The molecular weight excluding hydrogens is 288 g/mol. The van der Waals surface area contributed by atoms with Crippen LogP contribution in [0.1, 0.15) is 36.9 Å². The number of hydrogen-bond donors (Lipinski definition) is 2. The lowest BCUT2D eigenvalue weighted by Gasteiger charge is -2.35. The van der Waals surface area contributed by atoms with Crippen molar-refractivity contribution in [1.82, 2.24) is 10.2 Å². The standard InChI is InChI=1S/C16H21ClN2O2/c1-10-6-7-19(9-15(10)20)16(21)18-14-5-2-11-8-12(17)3-4-13(11)14/h3-4,8,10,14-15,20H,2,5-7,9H2,1H3,(H,18,21). The lowest BCUT2D eigenvalue weighted by molar-refractivity contribution is 0.0430. The van der Waals surface area contributed by atoms with Crippen molar-refractivity contribution >= 4 is 17.6 Å². The minimum absolute atomic E-state index is 0.0567. The Bertz CT molecular complexity index is 549. The van der Waals surface area contributed by atoms with Crippen LogP contribution >= 0.6 is 11.6 Å². The molecule has 21 heavy (non-hydrogen) atoms. The van der Waals surface area contributed by atoms with Crippen LogP contribution in [0.2, 0.25) is 5.02 Å². The molecule has 0 spiro atoms. The van der Waals surface area contributed by atoms with Crippen LogP contribution in [0.3, 0.4) is 0 Å². The highest BCUT2D eigenvalue weighted by atomic mass is 35.5. The molecule has 4 nitrogen and oxygen atoms in total. The second-order valence-electron chi connectivity index (χ2n) is 6.16. The van der Waals surface area contributed by atoms with Crippen molar-refractivity contribution in [3.8, 4) is 0 Å². The number of piperidine rings is 1. The molecule has 2 N–H and O–H groups in total. The third-order valence-corrected chi connectivity index (χ3v) is 4.92. The van der Waals surface area contributed by atoms with E-state index in [0.29, 0.717) is 13.1 Å². The number of nitrogens with one attached hydrogen (secondary N) is 1. The van der Waals surface area contributed by atoms with Crippen LogP contribution in [0.4, 0.5) is 4.79 Å². The SMILES string of the molecule is CC1CCN(C(=O)NC2CCc3cc(Cl)ccc32)CC1O. The Morgan fingerprint density at radius 3 is 3.00 bits per heavy atom. The molecule has 1 aliphatic carbocycles. The molecule has 114 valence electrons. The van der Waals surface area contributed by atoms with Gasteiger partial charge in [-0.05, 0) is 48.4 Å². The van der Waals surface area contributed by atoms with Crippen molar-refractivity contribution in [2.45, 2.75) is 38.3 Å². The number of carbonyl (C=O) groups excluding carboxylic acids is 1. The highest BCUT2D eigenvalue weighted by Gasteiger charge is 2.30. The highest BCUT2D eigenvalue weighted by molar-refractivity contribution is 6.30. The van der Waals surface area contributed by atoms with Gasteiger partial charge in [-0.25, -0.2) is 4.79 Å². The number of hydrogen-bond acceptors (Lipinski definition) is 2. The molecule has 2 amide bonds. The van der Waals surface area contributed by atoms with Crippen molar-refractivity contribution in [1.29, 1.82) is 0 Å². The number of rotatable bonds is 1. The van der Waals surface area contributed by atoms with E-state index in [9.17, 15) is 9.90 Å². The van der Waals surface area contributed by atoms with E-state index < -0.39 is 6.10 Å². The molecule has 1 fully saturated rings. The zero-order chi connectivity index (χ0) is 15.0. The van der Waals surface area contributed by atoms with Crippen LogP contribution in [0.5, 0.6) is 0 Å². The van der Waals surface area contributed by atoms with E-state index in [4.69, 9.17) is 11.6 Å². The molecule has 0 bridgehead atoms. The first-order valence-corrected chi connectivity index (χ1v) is 7.94. The van der Waals surface area contributed by atoms with E-state index in [0.717, 1.165) is 24.3 Å². The van der Waals surface area contributed by atoms with Gasteiger partial charge in [0.1, 0.15) is 0 Å². The Labute approximate surface area is 130 Å². The van der Waals surface area contributed by atoms with E-state index in [1.807, 2.05) is 25.1 Å². The molecule has 3 atom stereocenters. The summed E-state index contributed by atoms with van der Waals surface area (Å²) in [7, 11) is 0. The molecule has 5 heteroatoms. The lowest BCUT2D eigenvalue weighted by atomic mass is 9.96. The smallest absolute Gasteiger partial charge is 0.317 e. The van der Waals surface area contributed by atoms with Crippen molar-refractivity contribution < 1.29 is 9.90 Å². The second-order valence-corrected chi connectivity index (χ2v) is 6.60. The van der Waals surface area contributed by atoms with Crippen molar-refractivity contribution in [2.75, 3.05) is 13.1 Å². The normalized spacial score (nSPS) is 28.3. The molecule has 3 unspecified atom stereocenters. The van der Waals surface area contributed by atoms with Gasteiger partial charge in [0, 0.05) is 18.1 Å². The van der Waals surface area contributed by atoms with Crippen LogP contribution in [0.15, 0.2) is 18.2 Å². The summed E-state index contributed by atoms with van der Waals surface area (Å²) in [5.74, 6) is 0.267. The Morgan fingerprint density at radius 2 is 2.24 bits per heavy atom. The van der Waals surface area contributed by atoms with Gasteiger partial charge in [0.2, 0.25) is 0 Å². The molecule has 1 saturated heterocycles. The Morgan fingerprint density at radius 1 is 1.43 bits per heavy atom. The number of aliphatic hydroxyl groups excluding tert-OH is 1. The number of benzene rings is 1. The molecule has 3 rings (SSSR count). The number of carbonyl (C=O) groups is 1. The summed E-state index contributed by atoms with van der Waals surface area (Å²) in [6.07, 6.45) is 2.29. The average Bonchev–Trinajstić information content (AvgIpc) is 2.84. The maximum absolute atomic E-state index is 12.4. The summed E-state index contributed by atoms with van der Waals surface area (Å²) in [5, 5.41) is 13.7. The maximum atomic E-state index is 12.4. The van der Waals surface area contributed by atoms with E-state index >= 15 is 0 Å². The van der Waals surface area contributed by atoms with E-state index in [1.54, 1.807) is 4.90 Å². The number of amides is 2. The third-order valence-electron chi connectivity index (χ3n) is 4.69.